The van der Waals surface area contributed by atoms with Gasteiger partial charge < -0.3 is 16.4 Å². The molecule has 20 heavy (non-hydrogen) atoms. The number of carbonyl (C=O) groups excluding carboxylic acids is 2. The maximum Gasteiger partial charge on any atom is 0.239 e. The normalized spacial score (nSPS) is 18.9. The van der Waals surface area contributed by atoms with Gasteiger partial charge in [-0.15, -0.1) is 0 Å². The molecular weight excluding hydrogens is 256 g/mol. The Bertz CT molecular complexity index is 327. The average molecular weight is 284 g/mol. The standard InChI is InChI=1S/C14H28N4O2/c1-10(2)13(15)14(20)17-9-12(19)16-8-11(3)18-6-4-5-7-18/h10-11,13H,4-9,15H2,1-3H3,(H,16,19)(H,17,20)/t11?,13-/m0/s1. The van der Waals surface area contributed by atoms with Crippen LogP contribution in [0.5, 0.6) is 0 Å². The van der Waals surface area contributed by atoms with E-state index in [1.807, 2.05) is 13.8 Å². The van der Waals surface area contributed by atoms with Gasteiger partial charge >= 0.3 is 0 Å². The van der Waals surface area contributed by atoms with Crippen molar-refractivity contribution in [1.29, 1.82) is 0 Å². The molecule has 1 fully saturated rings. The fourth-order valence-electron chi connectivity index (χ4n) is 2.22. The Kier molecular flexibility index (Phi) is 6.95. The van der Waals surface area contributed by atoms with E-state index in [2.05, 4.69) is 22.5 Å². The highest BCUT2D eigenvalue weighted by Gasteiger charge is 2.19. The van der Waals surface area contributed by atoms with Gasteiger partial charge in [0.2, 0.25) is 11.8 Å². The van der Waals surface area contributed by atoms with Gasteiger partial charge in [0.15, 0.2) is 0 Å². The third-order valence-electron chi connectivity index (χ3n) is 3.80. The molecule has 1 rings (SSSR count). The number of amides is 2. The van der Waals surface area contributed by atoms with Crippen LogP contribution in [0.2, 0.25) is 0 Å². The maximum absolute atomic E-state index is 11.7. The number of rotatable bonds is 7. The second-order valence-corrected chi connectivity index (χ2v) is 5.88. The summed E-state index contributed by atoms with van der Waals surface area (Å²) in [7, 11) is 0. The summed E-state index contributed by atoms with van der Waals surface area (Å²) in [6.45, 7) is 8.69. The number of likely N-dealkylation sites (tertiary alicyclic amines) is 1. The van der Waals surface area contributed by atoms with Gasteiger partial charge in [-0.3, -0.25) is 14.5 Å². The van der Waals surface area contributed by atoms with E-state index in [0.29, 0.717) is 12.6 Å². The molecule has 0 aromatic carbocycles. The Labute approximate surface area is 121 Å². The summed E-state index contributed by atoms with van der Waals surface area (Å²) in [6, 6.07) is -0.221. The predicted octanol–water partition coefficient (Wildman–Crippen LogP) is -0.314. The quantitative estimate of drug-likeness (QED) is 0.598. The monoisotopic (exact) mass is 284 g/mol. The minimum atomic E-state index is -0.564. The highest BCUT2D eigenvalue weighted by Crippen LogP contribution is 2.10. The van der Waals surface area contributed by atoms with E-state index >= 15 is 0 Å². The van der Waals surface area contributed by atoms with Gasteiger partial charge in [0.25, 0.3) is 0 Å². The van der Waals surface area contributed by atoms with Crippen LogP contribution in [-0.4, -0.2) is 55.0 Å². The number of nitrogens with zero attached hydrogens (tertiary/aromatic N) is 1. The highest BCUT2D eigenvalue weighted by molar-refractivity contribution is 5.87. The number of nitrogens with two attached hydrogens (primary N) is 1. The number of hydrogen-bond acceptors (Lipinski definition) is 4. The number of carbonyl (C=O) groups is 2. The molecule has 2 atom stereocenters. The molecule has 2 amide bonds. The van der Waals surface area contributed by atoms with Crippen molar-refractivity contribution < 1.29 is 9.59 Å². The van der Waals surface area contributed by atoms with Crippen molar-refractivity contribution in [2.45, 2.75) is 45.7 Å². The van der Waals surface area contributed by atoms with Crippen molar-refractivity contribution in [3.8, 4) is 0 Å². The van der Waals surface area contributed by atoms with Gasteiger partial charge in [-0.1, -0.05) is 13.8 Å². The number of hydrogen-bond donors (Lipinski definition) is 3. The van der Waals surface area contributed by atoms with E-state index in [1.165, 1.54) is 12.8 Å². The SMILES string of the molecule is CC(C)[C@H](N)C(=O)NCC(=O)NCC(C)N1CCCC1. The lowest BCUT2D eigenvalue weighted by atomic mass is 10.1. The van der Waals surface area contributed by atoms with Crippen LogP contribution < -0.4 is 16.4 Å². The highest BCUT2D eigenvalue weighted by atomic mass is 16.2. The summed E-state index contributed by atoms with van der Waals surface area (Å²) < 4.78 is 0. The second kappa shape index (κ2) is 8.21. The van der Waals surface area contributed by atoms with Crippen molar-refractivity contribution >= 4 is 11.8 Å². The van der Waals surface area contributed by atoms with Crippen LogP contribution in [0.3, 0.4) is 0 Å². The van der Waals surface area contributed by atoms with Gasteiger partial charge in [0.1, 0.15) is 0 Å². The largest absolute Gasteiger partial charge is 0.353 e. The Morgan fingerprint density at radius 3 is 2.30 bits per heavy atom. The van der Waals surface area contributed by atoms with Crippen LogP contribution in [0.1, 0.15) is 33.6 Å². The maximum atomic E-state index is 11.7. The Hall–Kier alpha value is -1.14. The summed E-state index contributed by atoms with van der Waals surface area (Å²) in [5.41, 5.74) is 5.70. The molecule has 1 aliphatic heterocycles. The van der Waals surface area contributed by atoms with Gasteiger partial charge in [-0.05, 0) is 38.8 Å². The van der Waals surface area contributed by atoms with E-state index in [-0.39, 0.29) is 24.3 Å². The number of nitrogens with one attached hydrogen (secondary N) is 2. The molecule has 0 aromatic heterocycles. The van der Waals surface area contributed by atoms with E-state index in [9.17, 15) is 9.59 Å². The average Bonchev–Trinajstić information content (AvgIpc) is 2.95. The van der Waals surface area contributed by atoms with Crippen LogP contribution in [0.4, 0.5) is 0 Å². The minimum absolute atomic E-state index is 0.00796. The van der Waals surface area contributed by atoms with Crippen LogP contribution in [0.25, 0.3) is 0 Å². The lowest BCUT2D eigenvalue weighted by Crippen LogP contribution is -2.48. The van der Waals surface area contributed by atoms with Crippen LogP contribution in [-0.2, 0) is 9.59 Å². The first-order valence-electron chi connectivity index (χ1n) is 7.46. The molecule has 4 N–H and O–H groups in total. The summed E-state index contributed by atoms with van der Waals surface area (Å²) in [5.74, 6) is -0.378. The molecule has 6 heteroatoms. The summed E-state index contributed by atoms with van der Waals surface area (Å²) in [4.78, 5) is 25.7. The third kappa shape index (κ3) is 5.46. The van der Waals surface area contributed by atoms with E-state index in [1.54, 1.807) is 0 Å². The molecule has 0 saturated carbocycles. The molecule has 0 spiro atoms. The molecule has 1 aliphatic rings. The molecule has 0 aromatic rings. The minimum Gasteiger partial charge on any atom is -0.353 e. The first-order chi connectivity index (χ1) is 9.41. The fraction of sp³-hybridized carbons (Fsp3) is 0.857. The fourth-order valence-corrected chi connectivity index (χ4v) is 2.22. The van der Waals surface area contributed by atoms with E-state index in [0.717, 1.165) is 13.1 Å². The summed E-state index contributed by atoms with van der Waals surface area (Å²) >= 11 is 0. The molecular formula is C14H28N4O2. The Morgan fingerprint density at radius 1 is 1.15 bits per heavy atom. The van der Waals surface area contributed by atoms with Crippen molar-refractivity contribution in [1.82, 2.24) is 15.5 Å². The van der Waals surface area contributed by atoms with E-state index in [4.69, 9.17) is 5.73 Å². The topological polar surface area (TPSA) is 87.5 Å². The molecule has 1 heterocycles. The predicted molar refractivity (Wildman–Crippen MR) is 79.1 cm³/mol. The second-order valence-electron chi connectivity index (χ2n) is 5.88. The first kappa shape index (κ1) is 16.9. The smallest absolute Gasteiger partial charge is 0.239 e. The molecule has 116 valence electrons. The van der Waals surface area contributed by atoms with Gasteiger partial charge in [0.05, 0.1) is 12.6 Å². The Morgan fingerprint density at radius 2 is 1.75 bits per heavy atom. The van der Waals surface area contributed by atoms with Crippen LogP contribution in [0, 0.1) is 5.92 Å². The van der Waals surface area contributed by atoms with Crippen LogP contribution >= 0.6 is 0 Å². The van der Waals surface area contributed by atoms with Gasteiger partial charge in [-0.25, -0.2) is 0 Å². The molecule has 1 unspecified atom stereocenters. The van der Waals surface area contributed by atoms with Gasteiger partial charge in [-0.2, -0.15) is 0 Å². The first-order valence-corrected chi connectivity index (χ1v) is 7.46. The molecule has 0 radical (unpaired) electrons. The molecule has 0 bridgehead atoms. The Balaban J connectivity index is 2.18. The van der Waals surface area contributed by atoms with Gasteiger partial charge in [0, 0.05) is 12.6 Å². The van der Waals surface area contributed by atoms with Crippen molar-refractivity contribution in [2.24, 2.45) is 11.7 Å². The van der Waals surface area contributed by atoms with Crippen molar-refractivity contribution in [3.63, 3.8) is 0 Å². The lowest BCUT2D eigenvalue weighted by Gasteiger charge is -2.24. The van der Waals surface area contributed by atoms with Crippen molar-refractivity contribution in [3.05, 3.63) is 0 Å². The third-order valence-corrected chi connectivity index (χ3v) is 3.80. The van der Waals surface area contributed by atoms with Crippen LogP contribution in [0.15, 0.2) is 0 Å². The lowest BCUT2D eigenvalue weighted by molar-refractivity contribution is -0.127. The zero-order chi connectivity index (χ0) is 15.1. The summed E-state index contributed by atoms with van der Waals surface area (Å²) in [5, 5.41) is 5.41. The van der Waals surface area contributed by atoms with E-state index < -0.39 is 6.04 Å². The molecule has 0 aliphatic carbocycles. The summed E-state index contributed by atoms with van der Waals surface area (Å²) in [6.07, 6.45) is 2.48. The zero-order valence-electron chi connectivity index (χ0n) is 12.8. The van der Waals surface area contributed by atoms with Crippen molar-refractivity contribution in [2.75, 3.05) is 26.2 Å². The molecule has 6 nitrogen and oxygen atoms in total. The molecule has 1 saturated heterocycles. The zero-order valence-corrected chi connectivity index (χ0v) is 12.8.